The molecule has 13 heavy (non-hydrogen) atoms. The molecule has 1 aliphatic heterocycles. The van der Waals surface area contributed by atoms with Crippen molar-refractivity contribution in [1.82, 2.24) is 0 Å². The Morgan fingerprint density at radius 1 is 1.62 bits per heavy atom. The molecule has 0 radical (unpaired) electrons. The Kier molecular flexibility index (Phi) is 3.23. The van der Waals surface area contributed by atoms with Gasteiger partial charge in [0.1, 0.15) is 0 Å². The minimum absolute atomic E-state index is 0.0962. The van der Waals surface area contributed by atoms with Crippen LogP contribution in [0.1, 0.15) is 26.7 Å². The number of rotatable bonds is 3. The Bertz CT molecular complexity index is 243. The van der Waals surface area contributed by atoms with Gasteiger partial charge in [-0.05, 0) is 12.3 Å². The van der Waals surface area contributed by atoms with E-state index in [9.17, 15) is 9.59 Å². The summed E-state index contributed by atoms with van der Waals surface area (Å²) in [5.41, 5.74) is 0. The zero-order valence-electron chi connectivity index (χ0n) is 7.95. The standard InChI is InChI=1S/C10H14O3/c1-3-4-5-7(2)8-6-9(11)13-10(8)12/h4-5,7-8H,3,6H2,1-2H3. The van der Waals surface area contributed by atoms with Gasteiger partial charge in [0.05, 0.1) is 12.3 Å². The highest BCUT2D eigenvalue weighted by molar-refractivity contribution is 5.94. The maximum atomic E-state index is 11.1. The molecule has 0 aromatic rings. The van der Waals surface area contributed by atoms with Gasteiger partial charge in [-0.25, -0.2) is 0 Å². The van der Waals surface area contributed by atoms with Gasteiger partial charge in [0.25, 0.3) is 0 Å². The molecule has 0 aromatic carbocycles. The molecule has 1 rings (SSSR count). The first kappa shape index (κ1) is 9.96. The summed E-state index contributed by atoms with van der Waals surface area (Å²) < 4.78 is 4.46. The van der Waals surface area contributed by atoms with Crippen LogP contribution in [0.25, 0.3) is 0 Å². The minimum Gasteiger partial charge on any atom is -0.393 e. The lowest BCUT2D eigenvalue weighted by atomic mass is 9.92. The normalized spacial score (nSPS) is 25.2. The largest absolute Gasteiger partial charge is 0.393 e. The number of ether oxygens (including phenoxy) is 1. The molecule has 2 unspecified atom stereocenters. The topological polar surface area (TPSA) is 43.4 Å². The molecule has 0 aliphatic carbocycles. The highest BCUT2D eigenvalue weighted by Gasteiger charge is 2.36. The highest BCUT2D eigenvalue weighted by atomic mass is 16.6. The molecule has 3 nitrogen and oxygen atoms in total. The molecule has 0 amide bonds. The van der Waals surface area contributed by atoms with Gasteiger partial charge in [0.15, 0.2) is 0 Å². The maximum absolute atomic E-state index is 11.1. The summed E-state index contributed by atoms with van der Waals surface area (Å²) in [5, 5.41) is 0. The van der Waals surface area contributed by atoms with Crippen LogP contribution >= 0.6 is 0 Å². The Morgan fingerprint density at radius 3 is 2.77 bits per heavy atom. The molecule has 0 spiro atoms. The first-order valence-electron chi connectivity index (χ1n) is 4.56. The lowest BCUT2D eigenvalue weighted by Crippen LogP contribution is -2.14. The fraction of sp³-hybridized carbons (Fsp3) is 0.600. The second kappa shape index (κ2) is 4.21. The number of hydrogen-bond acceptors (Lipinski definition) is 3. The van der Waals surface area contributed by atoms with E-state index in [1.165, 1.54) is 0 Å². The first-order valence-corrected chi connectivity index (χ1v) is 4.56. The molecule has 1 heterocycles. The van der Waals surface area contributed by atoms with Crippen molar-refractivity contribution in [3.63, 3.8) is 0 Å². The monoisotopic (exact) mass is 182 g/mol. The Morgan fingerprint density at radius 2 is 2.31 bits per heavy atom. The van der Waals surface area contributed by atoms with Crippen LogP contribution in [-0.2, 0) is 14.3 Å². The van der Waals surface area contributed by atoms with Crippen LogP contribution in [0.15, 0.2) is 12.2 Å². The van der Waals surface area contributed by atoms with E-state index in [4.69, 9.17) is 0 Å². The molecule has 0 bridgehead atoms. The van der Waals surface area contributed by atoms with Crippen LogP contribution in [0.3, 0.4) is 0 Å². The molecule has 0 N–H and O–H groups in total. The van der Waals surface area contributed by atoms with Gasteiger partial charge in [-0.1, -0.05) is 26.0 Å². The van der Waals surface area contributed by atoms with E-state index in [1.54, 1.807) is 0 Å². The van der Waals surface area contributed by atoms with Crippen LogP contribution in [0.2, 0.25) is 0 Å². The Hall–Kier alpha value is -1.12. The van der Waals surface area contributed by atoms with Gasteiger partial charge >= 0.3 is 11.9 Å². The molecule has 0 aromatic heterocycles. The van der Waals surface area contributed by atoms with Crippen LogP contribution in [0.4, 0.5) is 0 Å². The van der Waals surface area contributed by atoms with Crippen LogP contribution in [0, 0.1) is 11.8 Å². The van der Waals surface area contributed by atoms with E-state index in [1.807, 2.05) is 26.0 Å². The minimum atomic E-state index is -0.397. The quantitative estimate of drug-likeness (QED) is 0.379. The van der Waals surface area contributed by atoms with Crippen LogP contribution in [-0.4, -0.2) is 11.9 Å². The van der Waals surface area contributed by atoms with E-state index in [-0.39, 0.29) is 24.2 Å². The fourth-order valence-electron chi connectivity index (χ4n) is 1.38. The zero-order chi connectivity index (χ0) is 9.84. The molecule has 0 saturated carbocycles. The van der Waals surface area contributed by atoms with E-state index >= 15 is 0 Å². The average molecular weight is 182 g/mol. The molecular formula is C10H14O3. The number of allylic oxidation sites excluding steroid dienone is 2. The molecule has 3 heteroatoms. The van der Waals surface area contributed by atoms with E-state index in [0.717, 1.165) is 6.42 Å². The SMILES string of the molecule is CCC=CC(C)C1CC(=O)OC1=O. The van der Waals surface area contributed by atoms with Crippen molar-refractivity contribution in [2.75, 3.05) is 0 Å². The fourth-order valence-corrected chi connectivity index (χ4v) is 1.38. The molecule has 1 aliphatic rings. The second-order valence-electron chi connectivity index (χ2n) is 3.30. The van der Waals surface area contributed by atoms with Crippen LogP contribution < -0.4 is 0 Å². The molecule has 72 valence electrons. The summed E-state index contributed by atoms with van der Waals surface area (Å²) in [6.45, 7) is 3.96. The smallest absolute Gasteiger partial charge is 0.317 e. The van der Waals surface area contributed by atoms with Crippen molar-refractivity contribution < 1.29 is 14.3 Å². The van der Waals surface area contributed by atoms with E-state index in [2.05, 4.69) is 4.74 Å². The summed E-state index contributed by atoms with van der Waals surface area (Å²) >= 11 is 0. The predicted octanol–water partition coefficient (Wildman–Crippen LogP) is 1.68. The summed E-state index contributed by atoms with van der Waals surface area (Å²) in [6.07, 6.45) is 5.14. The summed E-state index contributed by atoms with van der Waals surface area (Å²) in [4.78, 5) is 21.9. The number of hydrogen-bond donors (Lipinski definition) is 0. The summed E-state index contributed by atoms with van der Waals surface area (Å²) in [7, 11) is 0. The van der Waals surface area contributed by atoms with Crippen molar-refractivity contribution in [3.8, 4) is 0 Å². The first-order chi connectivity index (χ1) is 6.15. The van der Waals surface area contributed by atoms with Gasteiger partial charge in [-0.15, -0.1) is 0 Å². The Labute approximate surface area is 77.8 Å². The van der Waals surface area contributed by atoms with Gasteiger partial charge < -0.3 is 4.74 Å². The van der Waals surface area contributed by atoms with Crippen molar-refractivity contribution in [2.45, 2.75) is 26.7 Å². The van der Waals surface area contributed by atoms with Crippen molar-refractivity contribution in [2.24, 2.45) is 11.8 Å². The van der Waals surface area contributed by atoms with Crippen molar-refractivity contribution in [3.05, 3.63) is 12.2 Å². The lowest BCUT2D eigenvalue weighted by molar-refractivity contribution is -0.153. The third-order valence-corrected chi connectivity index (χ3v) is 2.21. The van der Waals surface area contributed by atoms with Gasteiger partial charge in [-0.2, -0.15) is 0 Å². The van der Waals surface area contributed by atoms with E-state index < -0.39 is 5.97 Å². The van der Waals surface area contributed by atoms with Crippen molar-refractivity contribution >= 4 is 11.9 Å². The van der Waals surface area contributed by atoms with Gasteiger partial charge in [0, 0.05) is 0 Å². The summed E-state index contributed by atoms with van der Waals surface area (Å²) in [6, 6.07) is 0. The predicted molar refractivity (Wildman–Crippen MR) is 47.8 cm³/mol. The molecule has 2 atom stereocenters. The number of carbonyl (C=O) groups excluding carboxylic acids is 2. The summed E-state index contributed by atoms with van der Waals surface area (Å²) in [5.74, 6) is -0.945. The number of esters is 2. The van der Waals surface area contributed by atoms with Crippen molar-refractivity contribution in [1.29, 1.82) is 0 Å². The highest BCUT2D eigenvalue weighted by Crippen LogP contribution is 2.25. The van der Waals surface area contributed by atoms with E-state index in [0.29, 0.717) is 0 Å². The zero-order valence-corrected chi connectivity index (χ0v) is 7.95. The van der Waals surface area contributed by atoms with Gasteiger partial charge in [-0.3, -0.25) is 9.59 Å². The lowest BCUT2D eigenvalue weighted by Gasteiger charge is -2.08. The second-order valence-corrected chi connectivity index (χ2v) is 3.30. The number of cyclic esters (lactones) is 2. The third-order valence-electron chi connectivity index (χ3n) is 2.21. The average Bonchev–Trinajstić information content (AvgIpc) is 2.41. The molecule has 1 fully saturated rings. The number of carbonyl (C=O) groups is 2. The third kappa shape index (κ3) is 2.41. The maximum Gasteiger partial charge on any atom is 0.317 e. The van der Waals surface area contributed by atoms with Gasteiger partial charge in [0.2, 0.25) is 0 Å². The molecule has 1 saturated heterocycles. The molecular weight excluding hydrogens is 168 g/mol. The van der Waals surface area contributed by atoms with Crippen LogP contribution in [0.5, 0.6) is 0 Å². The Balaban J connectivity index is 2.56.